The molecular weight excluding hydrogens is 226 g/mol. The Bertz CT molecular complexity index is 542. The van der Waals surface area contributed by atoms with Crippen molar-refractivity contribution in [1.29, 1.82) is 0 Å². The highest BCUT2D eigenvalue weighted by atomic mass is 16.5. The van der Waals surface area contributed by atoms with Crippen LogP contribution in [0.2, 0.25) is 0 Å². The van der Waals surface area contributed by atoms with Crippen LogP contribution in [0.4, 0.5) is 5.82 Å². The molecule has 0 radical (unpaired) electrons. The Labute approximate surface area is 106 Å². The predicted molar refractivity (Wildman–Crippen MR) is 71.8 cm³/mol. The van der Waals surface area contributed by atoms with E-state index in [2.05, 4.69) is 15.0 Å². The molecule has 0 atom stereocenters. The van der Waals surface area contributed by atoms with Gasteiger partial charge in [0.05, 0.1) is 7.11 Å². The lowest BCUT2D eigenvalue weighted by Gasteiger charge is -1.99. The molecule has 0 spiro atoms. The van der Waals surface area contributed by atoms with E-state index in [1.807, 2.05) is 44.2 Å². The molecule has 0 amide bonds. The van der Waals surface area contributed by atoms with Gasteiger partial charge in [0.1, 0.15) is 11.6 Å². The van der Waals surface area contributed by atoms with Crippen molar-refractivity contribution in [3.8, 4) is 5.75 Å². The maximum absolute atomic E-state index is 5.10. The highest BCUT2D eigenvalue weighted by Crippen LogP contribution is 2.12. The summed E-state index contributed by atoms with van der Waals surface area (Å²) in [5, 5.41) is 0. The topological polar surface area (TPSA) is 47.4 Å². The molecule has 4 heteroatoms. The standard InChI is InChI=1S/C14H15N3O/c1-10-8-14(17-11(2)16-10)15-9-12-4-6-13(18-3)7-5-12/h4-9H,1-3H3. The van der Waals surface area contributed by atoms with E-state index in [9.17, 15) is 0 Å². The number of aromatic nitrogens is 2. The molecule has 1 aromatic heterocycles. The van der Waals surface area contributed by atoms with Gasteiger partial charge in [-0.25, -0.2) is 15.0 Å². The van der Waals surface area contributed by atoms with E-state index in [0.29, 0.717) is 5.82 Å². The fourth-order valence-electron chi connectivity index (χ4n) is 1.59. The van der Waals surface area contributed by atoms with Crippen LogP contribution in [0.15, 0.2) is 35.3 Å². The molecule has 0 fully saturated rings. The number of benzene rings is 1. The molecule has 0 unspecified atom stereocenters. The van der Waals surface area contributed by atoms with Gasteiger partial charge in [-0.3, -0.25) is 0 Å². The van der Waals surface area contributed by atoms with E-state index < -0.39 is 0 Å². The quantitative estimate of drug-likeness (QED) is 0.776. The van der Waals surface area contributed by atoms with E-state index >= 15 is 0 Å². The Morgan fingerprint density at radius 3 is 2.44 bits per heavy atom. The lowest BCUT2D eigenvalue weighted by atomic mass is 10.2. The normalized spacial score (nSPS) is 10.8. The summed E-state index contributed by atoms with van der Waals surface area (Å²) >= 11 is 0. The van der Waals surface area contributed by atoms with Gasteiger partial charge >= 0.3 is 0 Å². The van der Waals surface area contributed by atoms with Crippen LogP contribution in [0.25, 0.3) is 0 Å². The van der Waals surface area contributed by atoms with E-state index in [4.69, 9.17) is 4.74 Å². The zero-order chi connectivity index (χ0) is 13.0. The fourth-order valence-corrected chi connectivity index (χ4v) is 1.59. The molecule has 0 aliphatic rings. The monoisotopic (exact) mass is 241 g/mol. The number of ether oxygens (including phenoxy) is 1. The Balaban J connectivity index is 2.18. The van der Waals surface area contributed by atoms with Crippen LogP contribution in [0.1, 0.15) is 17.1 Å². The molecule has 0 aliphatic carbocycles. The van der Waals surface area contributed by atoms with Gasteiger partial charge in [-0.15, -0.1) is 0 Å². The zero-order valence-corrected chi connectivity index (χ0v) is 10.7. The second kappa shape index (κ2) is 5.40. The first-order valence-electron chi connectivity index (χ1n) is 5.68. The van der Waals surface area contributed by atoms with Crippen LogP contribution in [-0.4, -0.2) is 23.3 Å². The Hall–Kier alpha value is -2.23. The number of rotatable bonds is 3. The molecule has 4 nitrogen and oxygen atoms in total. The molecule has 92 valence electrons. The Morgan fingerprint density at radius 2 is 1.83 bits per heavy atom. The summed E-state index contributed by atoms with van der Waals surface area (Å²) in [7, 11) is 1.65. The van der Waals surface area contributed by atoms with E-state index in [0.717, 1.165) is 22.8 Å². The average Bonchev–Trinajstić information content (AvgIpc) is 2.36. The number of aliphatic imine (C=N–C) groups is 1. The third kappa shape index (κ3) is 3.13. The first-order chi connectivity index (χ1) is 8.67. The van der Waals surface area contributed by atoms with E-state index in [-0.39, 0.29) is 0 Å². The molecule has 1 heterocycles. The van der Waals surface area contributed by atoms with Crippen molar-refractivity contribution in [3.63, 3.8) is 0 Å². The summed E-state index contributed by atoms with van der Waals surface area (Å²) in [5.74, 6) is 2.24. The summed E-state index contributed by atoms with van der Waals surface area (Å²) < 4.78 is 5.10. The predicted octanol–water partition coefficient (Wildman–Crippen LogP) is 2.85. The second-order valence-corrected chi connectivity index (χ2v) is 3.95. The van der Waals surface area contributed by atoms with Gasteiger partial charge in [0.15, 0.2) is 5.82 Å². The average molecular weight is 241 g/mol. The van der Waals surface area contributed by atoms with Gasteiger partial charge < -0.3 is 4.74 Å². The SMILES string of the molecule is COc1ccc(C=Nc2cc(C)nc(C)n2)cc1. The van der Waals surface area contributed by atoms with Gasteiger partial charge in [0.25, 0.3) is 0 Å². The van der Waals surface area contributed by atoms with Crippen LogP contribution < -0.4 is 4.74 Å². The maximum atomic E-state index is 5.10. The lowest BCUT2D eigenvalue weighted by Crippen LogP contribution is -1.90. The summed E-state index contributed by atoms with van der Waals surface area (Å²) in [4.78, 5) is 12.8. The van der Waals surface area contributed by atoms with Crippen molar-refractivity contribution in [2.45, 2.75) is 13.8 Å². The summed E-state index contributed by atoms with van der Waals surface area (Å²) in [5.41, 5.74) is 1.93. The zero-order valence-electron chi connectivity index (χ0n) is 10.7. The number of hydrogen-bond acceptors (Lipinski definition) is 4. The van der Waals surface area contributed by atoms with Gasteiger partial charge in [-0.2, -0.15) is 0 Å². The van der Waals surface area contributed by atoms with E-state index in [1.165, 1.54) is 0 Å². The summed E-state index contributed by atoms with van der Waals surface area (Å²) in [6, 6.07) is 9.55. The van der Waals surface area contributed by atoms with Crippen molar-refractivity contribution in [1.82, 2.24) is 9.97 Å². The Morgan fingerprint density at radius 1 is 1.11 bits per heavy atom. The molecule has 0 aliphatic heterocycles. The van der Waals surface area contributed by atoms with Crippen LogP contribution in [0.3, 0.4) is 0 Å². The third-order valence-electron chi connectivity index (χ3n) is 2.41. The number of nitrogens with zero attached hydrogens (tertiary/aromatic N) is 3. The molecular formula is C14H15N3O. The highest BCUT2D eigenvalue weighted by molar-refractivity contribution is 5.81. The lowest BCUT2D eigenvalue weighted by molar-refractivity contribution is 0.415. The second-order valence-electron chi connectivity index (χ2n) is 3.95. The van der Waals surface area contributed by atoms with Crippen LogP contribution in [0, 0.1) is 13.8 Å². The van der Waals surface area contributed by atoms with Gasteiger partial charge in [-0.1, -0.05) is 0 Å². The number of methoxy groups -OCH3 is 1. The van der Waals surface area contributed by atoms with Gasteiger partial charge in [-0.05, 0) is 43.7 Å². The number of aryl methyl sites for hydroxylation is 2. The number of hydrogen-bond donors (Lipinski definition) is 0. The molecule has 18 heavy (non-hydrogen) atoms. The van der Waals surface area contributed by atoms with Crippen molar-refractivity contribution in [3.05, 3.63) is 47.4 Å². The first-order valence-corrected chi connectivity index (χ1v) is 5.68. The van der Waals surface area contributed by atoms with Crippen molar-refractivity contribution < 1.29 is 4.74 Å². The minimum absolute atomic E-state index is 0.677. The smallest absolute Gasteiger partial charge is 0.155 e. The molecule has 0 saturated carbocycles. The van der Waals surface area contributed by atoms with Crippen LogP contribution in [-0.2, 0) is 0 Å². The molecule has 2 aromatic rings. The largest absolute Gasteiger partial charge is 0.497 e. The minimum atomic E-state index is 0.677. The maximum Gasteiger partial charge on any atom is 0.155 e. The Kier molecular flexibility index (Phi) is 3.67. The van der Waals surface area contributed by atoms with E-state index in [1.54, 1.807) is 13.3 Å². The first kappa shape index (κ1) is 12.2. The molecule has 0 N–H and O–H groups in total. The van der Waals surface area contributed by atoms with Gasteiger partial charge in [0.2, 0.25) is 0 Å². The molecule has 0 saturated heterocycles. The van der Waals surface area contributed by atoms with Crippen molar-refractivity contribution in [2.24, 2.45) is 4.99 Å². The van der Waals surface area contributed by atoms with Crippen molar-refractivity contribution >= 4 is 12.0 Å². The van der Waals surface area contributed by atoms with Gasteiger partial charge in [0, 0.05) is 18.0 Å². The van der Waals surface area contributed by atoms with Crippen molar-refractivity contribution in [2.75, 3.05) is 7.11 Å². The molecule has 2 rings (SSSR count). The molecule has 0 bridgehead atoms. The summed E-state index contributed by atoms with van der Waals surface area (Å²) in [6.45, 7) is 3.79. The van der Waals surface area contributed by atoms with Crippen LogP contribution in [0.5, 0.6) is 5.75 Å². The minimum Gasteiger partial charge on any atom is -0.497 e. The third-order valence-corrected chi connectivity index (χ3v) is 2.41. The summed E-state index contributed by atoms with van der Waals surface area (Å²) in [6.07, 6.45) is 1.78. The van der Waals surface area contributed by atoms with Crippen LogP contribution >= 0.6 is 0 Å². The fraction of sp³-hybridized carbons (Fsp3) is 0.214. The molecule has 1 aromatic carbocycles. The highest BCUT2D eigenvalue weighted by Gasteiger charge is 1.96.